The largest absolute Gasteiger partial charge is 0.454 e. The molecule has 1 unspecified atom stereocenters. The highest BCUT2D eigenvalue weighted by Gasteiger charge is 2.18. The van der Waals surface area contributed by atoms with Crippen LogP contribution in [0, 0.1) is 0 Å². The Labute approximate surface area is 133 Å². The lowest BCUT2D eigenvalue weighted by Crippen LogP contribution is -2.27. The van der Waals surface area contributed by atoms with Crippen LogP contribution in [0.25, 0.3) is 0 Å². The van der Waals surface area contributed by atoms with Crippen LogP contribution in [0.5, 0.6) is 11.5 Å². The molecular formula is C17H17NO3S. The summed E-state index contributed by atoms with van der Waals surface area (Å²) in [6, 6.07) is 13.2. The minimum Gasteiger partial charge on any atom is -0.454 e. The van der Waals surface area contributed by atoms with Crippen LogP contribution in [0.4, 0.5) is 0 Å². The lowest BCUT2D eigenvalue weighted by molar-refractivity contribution is 0.0937. The summed E-state index contributed by atoms with van der Waals surface area (Å²) < 4.78 is 10.7. The predicted molar refractivity (Wildman–Crippen MR) is 86.7 cm³/mol. The first-order valence-electron chi connectivity index (χ1n) is 7.02. The van der Waals surface area contributed by atoms with Gasteiger partial charge >= 0.3 is 0 Å². The van der Waals surface area contributed by atoms with Gasteiger partial charge in [-0.05, 0) is 43.0 Å². The summed E-state index contributed by atoms with van der Waals surface area (Å²) in [5.41, 5.74) is 1.68. The molecule has 1 aliphatic rings. The number of thioether (sulfide) groups is 1. The maximum Gasteiger partial charge on any atom is 0.252 e. The maximum atomic E-state index is 12.5. The van der Waals surface area contributed by atoms with E-state index in [1.807, 2.05) is 55.6 Å². The Morgan fingerprint density at radius 2 is 1.95 bits per heavy atom. The molecule has 1 heterocycles. The second kappa shape index (κ2) is 6.32. The number of nitrogens with one attached hydrogen (secondary N) is 1. The standard InChI is InChI=1S/C17H17NO3S/c1-11(12-7-8-14-15(9-12)21-10-20-14)18-17(19)13-5-3-4-6-16(13)22-2/h3-9,11H,10H2,1-2H3,(H,18,19). The average Bonchev–Trinajstić information content (AvgIpc) is 3.02. The van der Waals surface area contributed by atoms with Gasteiger partial charge in [0, 0.05) is 4.90 Å². The van der Waals surface area contributed by atoms with E-state index in [2.05, 4.69) is 5.32 Å². The van der Waals surface area contributed by atoms with Crippen molar-refractivity contribution >= 4 is 17.7 Å². The third-order valence-electron chi connectivity index (χ3n) is 3.60. The highest BCUT2D eigenvalue weighted by molar-refractivity contribution is 7.98. The number of ether oxygens (including phenoxy) is 2. The smallest absolute Gasteiger partial charge is 0.252 e. The molecule has 2 aromatic carbocycles. The van der Waals surface area contributed by atoms with Gasteiger partial charge in [-0.1, -0.05) is 18.2 Å². The summed E-state index contributed by atoms with van der Waals surface area (Å²) in [5.74, 6) is 1.40. The van der Waals surface area contributed by atoms with Crippen LogP contribution < -0.4 is 14.8 Å². The number of hydrogen-bond acceptors (Lipinski definition) is 4. The van der Waals surface area contributed by atoms with Crippen LogP contribution in [0.2, 0.25) is 0 Å². The van der Waals surface area contributed by atoms with Gasteiger partial charge < -0.3 is 14.8 Å². The van der Waals surface area contributed by atoms with Gasteiger partial charge in [-0.2, -0.15) is 0 Å². The molecule has 0 aromatic heterocycles. The Kier molecular flexibility index (Phi) is 4.24. The summed E-state index contributed by atoms with van der Waals surface area (Å²) >= 11 is 1.57. The van der Waals surface area contributed by atoms with Crippen molar-refractivity contribution in [1.29, 1.82) is 0 Å². The van der Waals surface area contributed by atoms with Gasteiger partial charge in [0.05, 0.1) is 11.6 Å². The molecule has 0 saturated carbocycles. The summed E-state index contributed by atoms with van der Waals surface area (Å²) in [6.07, 6.45) is 1.97. The molecule has 0 radical (unpaired) electrons. The lowest BCUT2D eigenvalue weighted by atomic mass is 10.1. The van der Waals surface area contributed by atoms with Crippen LogP contribution in [-0.2, 0) is 0 Å². The van der Waals surface area contributed by atoms with E-state index in [0.29, 0.717) is 5.56 Å². The Hall–Kier alpha value is -2.14. The summed E-state index contributed by atoms with van der Waals surface area (Å²) in [5, 5.41) is 3.03. The van der Waals surface area contributed by atoms with Crippen LogP contribution in [0.15, 0.2) is 47.4 Å². The van der Waals surface area contributed by atoms with E-state index in [1.165, 1.54) is 0 Å². The molecule has 1 N–H and O–H groups in total. The van der Waals surface area contributed by atoms with Gasteiger partial charge in [-0.15, -0.1) is 11.8 Å². The van der Waals surface area contributed by atoms with E-state index in [1.54, 1.807) is 11.8 Å². The molecule has 1 atom stereocenters. The maximum absolute atomic E-state index is 12.5. The second-order valence-corrected chi connectivity index (χ2v) is 5.86. The van der Waals surface area contributed by atoms with Gasteiger partial charge in [0.15, 0.2) is 11.5 Å². The summed E-state index contributed by atoms with van der Waals surface area (Å²) in [7, 11) is 0. The topological polar surface area (TPSA) is 47.6 Å². The van der Waals surface area contributed by atoms with Crippen molar-refractivity contribution in [3.8, 4) is 11.5 Å². The van der Waals surface area contributed by atoms with Crippen molar-refractivity contribution in [2.75, 3.05) is 13.0 Å². The highest BCUT2D eigenvalue weighted by Crippen LogP contribution is 2.34. The third-order valence-corrected chi connectivity index (χ3v) is 4.39. The first kappa shape index (κ1) is 14.8. The van der Waals surface area contributed by atoms with E-state index in [-0.39, 0.29) is 18.7 Å². The normalized spacial score (nSPS) is 13.7. The second-order valence-electron chi connectivity index (χ2n) is 5.01. The van der Waals surface area contributed by atoms with E-state index < -0.39 is 0 Å². The summed E-state index contributed by atoms with van der Waals surface area (Å²) in [4.78, 5) is 13.4. The third kappa shape index (κ3) is 2.90. The molecule has 0 aliphatic carbocycles. The van der Waals surface area contributed by atoms with Crippen molar-refractivity contribution in [3.63, 3.8) is 0 Å². The van der Waals surface area contributed by atoms with Crippen molar-refractivity contribution in [2.45, 2.75) is 17.9 Å². The molecule has 0 spiro atoms. The zero-order valence-corrected chi connectivity index (χ0v) is 13.3. The molecule has 0 saturated heterocycles. The van der Waals surface area contributed by atoms with E-state index >= 15 is 0 Å². The number of benzene rings is 2. The van der Waals surface area contributed by atoms with Crippen LogP contribution in [0.1, 0.15) is 28.9 Å². The van der Waals surface area contributed by atoms with Crippen LogP contribution in [-0.4, -0.2) is 19.0 Å². The van der Waals surface area contributed by atoms with Gasteiger partial charge in [0.1, 0.15) is 0 Å². The first-order valence-corrected chi connectivity index (χ1v) is 8.25. The SMILES string of the molecule is CSc1ccccc1C(=O)NC(C)c1ccc2c(c1)OCO2. The molecule has 1 amide bonds. The number of carbonyl (C=O) groups excluding carboxylic acids is 1. The quantitative estimate of drug-likeness (QED) is 0.875. The Bertz CT molecular complexity index is 702. The highest BCUT2D eigenvalue weighted by atomic mass is 32.2. The fourth-order valence-electron chi connectivity index (χ4n) is 2.37. The number of hydrogen-bond donors (Lipinski definition) is 1. The van der Waals surface area contributed by atoms with Gasteiger partial charge in [0.25, 0.3) is 5.91 Å². The van der Waals surface area contributed by atoms with Crippen LogP contribution in [0.3, 0.4) is 0 Å². The molecule has 114 valence electrons. The molecule has 4 nitrogen and oxygen atoms in total. The van der Waals surface area contributed by atoms with Gasteiger partial charge in [-0.3, -0.25) is 4.79 Å². The molecule has 2 aromatic rings. The van der Waals surface area contributed by atoms with Crippen molar-refractivity contribution < 1.29 is 14.3 Å². The molecular weight excluding hydrogens is 298 g/mol. The van der Waals surface area contributed by atoms with Crippen molar-refractivity contribution in [3.05, 3.63) is 53.6 Å². The van der Waals surface area contributed by atoms with Crippen molar-refractivity contribution in [2.24, 2.45) is 0 Å². The minimum atomic E-state index is -0.114. The molecule has 5 heteroatoms. The Morgan fingerprint density at radius 3 is 2.77 bits per heavy atom. The van der Waals surface area contributed by atoms with E-state index in [0.717, 1.165) is 22.0 Å². The zero-order chi connectivity index (χ0) is 15.5. The molecule has 0 fully saturated rings. The number of carbonyl (C=O) groups is 1. The predicted octanol–water partition coefficient (Wildman–Crippen LogP) is 3.63. The first-order chi connectivity index (χ1) is 10.7. The number of fused-ring (bicyclic) bond motifs is 1. The summed E-state index contributed by atoms with van der Waals surface area (Å²) in [6.45, 7) is 2.21. The molecule has 22 heavy (non-hydrogen) atoms. The van der Waals surface area contributed by atoms with Crippen molar-refractivity contribution in [1.82, 2.24) is 5.32 Å². The van der Waals surface area contributed by atoms with Crippen LogP contribution >= 0.6 is 11.8 Å². The Morgan fingerprint density at radius 1 is 1.18 bits per heavy atom. The number of amides is 1. The Balaban J connectivity index is 1.76. The average molecular weight is 315 g/mol. The molecule has 1 aliphatic heterocycles. The molecule has 0 bridgehead atoms. The van der Waals surface area contributed by atoms with Gasteiger partial charge in [0.2, 0.25) is 6.79 Å². The molecule has 3 rings (SSSR count). The monoisotopic (exact) mass is 315 g/mol. The lowest BCUT2D eigenvalue weighted by Gasteiger charge is -2.16. The number of rotatable bonds is 4. The fourth-order valence-corrected chi connectivity index (χ4v) is 2.97. The fraction of sp³-hybridized carbons (Fsp3) is 0.235. The van der Waals surface area contributed by atoms with E-state index in [9.17, 15) is 4.79 Å². The van der Waals surface area contributed by atoms with Gasteiger partial charge in [-0.25, -0.2) is 0 Å². The van der Waals surface area contributed by atoms with E-state index in [4.69, 9.17) is 9.47 Å². The zero-order valence-electron chi connectivity index (χ0n) is 12.5. The minimum absolute atomic E-state index is 0.0740.